The highest BCUT2D eigenvalue weighted by Gasteiger charge is 2.40. The van der Waals surface area contributed by atoms with Crippen molar-refractivity contribution >= 4 is 23.5 Å². The maximum atomic E-state index is 9.84. The molecule has 0 N–H and O–H groups in total. The van der Waals surface area contributed by atoms with Gasteiger partial charge < -0.3 is 9.79 Å². The van der Waals surface area contributed by atoms with Crippen LogP contribution in [0.15, 0.2) is 0 Å². The fourth-order valence-electron chi connectivity index (χ4n) is 0.0544. The molecule has 0 aromatic rings. The van der Waals surface area contributed by atoms with Gasteiger partial charge in [-0.25, -0.2) is 0 Å². The molecule has 0 fully saturated rings. The van der Waals surface area contributed by atoms with E-state index < -0.39 is 23.5 Å². The van der Waals surface area contributed by atoms with E-state index in [4.69, 9.17) is 0 Å². The van der Waals surface area contributed by atoms with E-state index in [1.807, 2.05) is 0 Å². The summed E-state index contributed by atoms with van der Waals surface area (Å²) in [4.78, 5) is 19.1. The van der Waals surface area contributed by atoms with Crippen LogP contribution >= 0.6 is 14.5 Å². The molecule has 0 saturated carbocycles. The standard InChI is InChI=1S/O6P2S/c1-7(2)9(5,6)8(3)4. The number of hydrogen-bond acceptors (Lipinski definition) is 6. The molecule has 0 spiro atoms. The molecule has 0 aliphatic heterocycles. The topological polar surface area (TPSA) is 114 Å². The van der Waals surface area contributed by atoms with Crippen molar-refractivity contribution in [2.24, 2.45) is 0 Å². The lowest BCUT2D eigenvalue weighted by atomic mass is 15.9. The van der Waals surface area contributed by atoms with E-state index >= 15 is 0 Å². The van der Waals surface area contributed by atoms with Crippen LogP contribution in [0.2, 0.25) is 0 Å². The Balaban J connectivity index is 4.87. The monoisotopic (exact) mass is 190 g/mol. The molecule has 0 rings (SSSR count). The summed E-state index contributed by atoms with van der Waals surface area (Å²) in [7, 11) is -12.7. The van der Waals surface area contributed by atoms with Gasteiger partial charge in [-0.05, 0) is 0 Å². The van der Waals surface area contributed by atoms with Crippen molar-refractivity contribution < 1.29 is 27.3 Å². The molecule has 2 unspecified atom stereocenters. The Kier molecular flexibility index (Phi) is 2.79. The first-order valence-corrected chi connectivity index (χ1v) is 6.48. The molecule has 0 aromatic heterocycles. The summed E-state index contributed by atoms with van der Waals surface area (Å²) < 4.78 is 38.7. The van der Waals surface area contributed by atoms with Crippen LogP contribution in [0.4, 0.5) is 0 Å². The maximum absolute atomic E-state index is 9.84. The Morgan fingerprint density at radius 2 is 1.22 bits per heavy atom. The number of hydrogen-bond donors (Lipinski definition) is 0. The molecule has 2 atom stereocenters. The predicted molar refractivity (Wildman–Crippen MR) is 24.1 cm³/mol. The van der Waals surface area contributed by atoms with Gasteiger partial charge in [0.15, 0.2) is 0 Å². The van der Waals surface area contributed by atoms with Crippen LogP contribution in [0, 0.1) is 0 Å². The highest BCUT2D eigenvalue weighted by Crippen LogP contribution is 2.36. The SMILES string of the molecule is O=[P+]([O-])S(=O)(=O)[P+](=O)[O-]. The minimum atomic E-state index is -4.91. The second-order valence-corrected chi connectivity index (χ2v) is 8.22. The third-order valence-electron chi connectivity index (χ3n) is 0.377. The van der Waals surface area contributed by atoms with E-state index in [1.165, 1.54) is 0 Å². The van der Waals surface area contributed by atoms with Gasteiger partial charge in [-0.3, -0.25) is 0 Å². The molecule has 0 aliphatic rings. The smallest absolute Gasteiger partial charge is 0.544 e. The molecule has 0 heterocycles. The van der Waals surface area contributed by atoms with Crippen molar-refractivity contribution in [3.63, 3.8) is 0 Å². The molecule has 0 saturated heterocycles. The second kappa shape index (κ2) is 2.77. The van der Waals surface area contributed by atoms with Crippen LogP contribution in [0.5, 0.6) is 0 Å². The predicted octanol–water partition coefficient (Wildman–Crippen LogP) is -1.56. The lowest BCUT2D eigenvalue weighted by Crippen LogP contribution is -2.02. The third kappa shape index (κ3) is 2.04. The zero-order valence-corrected chi connectivity index (χ0v) is 6.36. The fraction of sp³-hybridized carbons (Fsp3) is 0. The van der Waals surface area contributed by atoms with Crippen molar-refractivity contribution in [3.8, 4) is 0 Å². The van der Waals surface area contributed by atoms with Gasteiger partial charge in [0, 0.05) is 0 Å². The summed E-state index contributed by atoms with van der Waals surface area (Å²) in [6.45, 7) is 0. The third-order valence-corrected chi connectivity index (χ3v) is 5.79. The van der Waals surface area contributed by atoms with Gasteiger partial charge in [-0.15, -0.1) is 8.42 Å². The summed E-state index contributed by atoms with van der Waals surface area (Å²) in [5, 5.41) is 0. The fourth-order valence-corrected chi connectivity index (χ4v) is 1.47. The molecule has 0 radical (unpaired) electrons. The minimum Gasteiger partial charge on any atom is -0.577 e. The highest BCUT2D eigenvalue weighted by atomic mass is 33.1. The molecule has 0 amide bonds. The lowest BCUT2D eigenvalue weighted by molar-refractivity contribution is -0.161. The first kappa shape index (κ1) is 9.07. The van der Waals surface area contributed by atoms with Crippen molar-refractivity contribution in [3.05, 3.63) is 0 Å². The molecular formula is O6P2S. The van der Waals surface area contributed by atoms with Gasteiger partial charge in [0.2, 0.25) is 0 Å². The zero-order chi connectivity index (χ0) is 7.65. The van der Waals surface area contributed by atoms with Crippen LogP contribution in [0.1, 0.15) is 0 Å². The summed E-state index contributed by atoms with van der Waals surface area (Å²) >= 11 is 0. The highest BCUT2D eigenvalue weighted by molar-refractivity contribution is 8.72. The zero-order valence-electron chi connectivity index (χ0n) is 3.75. The van der Waals surface area contributed by atoms with E-state index in [0.29, 0.717) is 0 Å². The number of rotatable bonds is 2. The molecule has 0 aliphatic carbocycles. The van der Waals surface area contributed by atoms with E-state index in [2.05, 4.69) is 0 Å². The van der Waals surface area contributed by atoms with E-state index in [1.54, 1.807) is 0 Å². The van der Waals surface area contributed by atoms with Crippen molar-refractivity contribution in [1.82, 2.24) is 0 Å². The second-order valence-electron chi connectivity index (χ2n) is 0.895. The first-order chi connectivity index (χ1) is 3.89. The van der Waals surface area contributed by atoms with E-state index in [-0.39, 0.29) is 0 Å². The normalized spacial score (nSPS) is 14.9. The molecule has 0 bridgehead atoms. The minimum absolute atomic E-state index is 3.91. The molecule has 6 nitrogen and oxygen atoms in total. The quantitative estimate of drug-likeness (QED) is 0.486. The van der Waals surface area contributed by atoms with Gasteiger partial charge in [0.05, 0.1) is 0 Å². The Morgan fingerprint density at radius 3 is 1.22 bits per heavy atom. The van der Waals surface area contributed by atoms with E-state index in [0.717, 1.165) is 0 Å². The van der Waals surface area contributed by atoms with Crippen LogP contribution in [-0.4, -0.2) is 8.42 Å². The first-order valence-electron chi connectivity index (χ1n) is 1.43. The van der Waals surface area contributed by atoms with Crippen molar-refractivity contribution in [2.75, 3.05) is 0 Å². The van der Waals surface area contributed by atoms with Crippen molar-refractivity contribution in [1.29, 1.82) is 0 Å². The van der Waals surface area contributed by atoms with Crippen LogP contribution in [-0.2, 0) is 18.2 Å². The Labute approximate surface area is 51.7 Å². The largest absolute Gasteiger partial charge is 0.577 e. The average Bonchev–Trinajstić information content (AvgIpc) is 1.65. The Hall–Kier alpha value is 0.0700. The molecule has 9 heteroatoms. The maximum Gasteiger partial charge on any atom is 0.544 e. The van der Waals surface area contributed by atoms with E-state index in [9.17, 15) is 27.3 Å². The Bertz CT molecular complexity index is 214. The van der Waals surface area contributed by atoms with Crippen LogP contribution in [0.25, 0.3) is 0 Å². The summed E-state index contributed by atoms with van der Waals surface area (Å²) in [5.74, 6) is 0. The van der Waals surface area contributed by atoms with Gasteiger partial charge in [0.1, 0.15) is 0 Å². The molecule has 9 heavy (non-hydrogen) atoms. The van der Waals surface area contributed by atoms with Gasteiger partial charge in [-0.2, -0.15) is 0 Å². The lowest BCUT2D eigenvalue weighted by Gasteiger charge is -1.78. The summed E-state index contributed by atoms with van der Waals surface area (Å²) in [6.07, 6.45) is 0. The average molecular weight is 190 g/mol. The molecular weight excluding hydrogens is 190 g/mol. The van der Waals surface area contributed by atoms with Gasteiger partial charge >= 0.3 is 23.5 Å². The summed E-state index contributed by atoms with van der Waals surface area (Å²) in [6, 6.07) is 0. The Morgan fingerprint density at radius 1 is 1.00 bits per heavy atom. The molecule has 52 valence electrons. The summed E-state index contributed by atoms with van der Waals surface area (Å²) in [5.41, 5.74) is 0. The van der Waals surface area contributed by atoms with Crippen LogP contribution < -0.4 is 9.79 Å². The molecule has 0 aromatic carbocycles. The van der Waals surface area contributed by atoms with Crippen LogP contribution in [0.3, 0.4) is 0 Å². The van der Waals surface area contributed by atoms with Gasteiger partial charge in [-0.1, -0.05) is 9.13 Å². The van der Waals surface area contributed by atoms with Gasteiger partial charge in [0.25, 0.3) is 0 Å². The van der Waals surface area contributed by atoms with Crippen molar-refractivity contribution in [2.45, 2.75) is 0 Å².